The fraction of sp³-hybridized carbons (Fsp3) is 0.286. The molecule has 27 heavy (non-hydrogen) atoms. The third-order valence-corrected chi connectivity index (χ3v) is 4.95. The van der Waals surface area contributed by atoms with Crippen LogP contribution in [0.2, 0.25) is 0 Å². The van der Waals surface area contributed by atoms with Gasteiger partial charge in [-0.15, -0.1) is 6.42 Å². The maximum atomic E-state index is 12.3. The molecule has 3 rings (SSSR count). The quantitative estimate of drug-likeness (QED) is 0.722. The maximum absolute atomic E-state index is 12.3. The van der Waals surface area contributed by atoms with E-state index in [9.17, 15) is 4.79 Å². The first kappa shape index (κ1) is 19.2. The molecule has 0 aliphatic carbocycles. The molecule has 2 N–H and O–H groups in total. The Labute approximate surface area is 162 Å². The van der Waals surface area contributed by atoms with E-state index in [1.54, 1.807) is 11.3 Å². The van der Waals surface area contributed by atoms with E-state index in [-0.39, 0.29) is 30.7 Å². The van der Waals surface area contributed by atoms with Gasteiger partial charge in [0.2, 0.25) is 6.29 Å². The maximum Gasteiger partial charge on any atom is 0.286 e. The lowest BCUT2D eigenvalue weighted by Gasteiger charge is -2.28. The van der Waals surface area contributed by atoms with Gasteiger partial charge >= 0.3 is 0 Å². The van der Waals surface area contributed by atoms with E-state index >= 15 is 0 Å². The third kappa shape index (κ3) is 5.20. The number of aliphatic hydroxyl groups excluding tert-OH is 1. The Morgan fingerprint density at radius 3 is 2.78 bits per heavy atom. The molecule has 1 aromatic heterocycles. The number of aliphatic hydroxyl groups is 1. The number of benzene rings is 1. The fourth-order valence-electron chi connectivity index (χ4n) is 2.79. The van der Waals surface area contributed by atoms with E-state index in [2.05, 4.69) is 16.6 Å². The van der Waals surface area contributed by atoms with E-state index in [0.29, 0.717) is 13.0 Å². The summed E-state index contributed by atoms with van der Waals surface area (Å²) in [4.78, 5) is 12.3. The average molecular weight is 383 g/mol. The van der Waals surface area contributed by atoms with Crippen molar-refractivity contribution in [2.24, 2.45) is 0 Å². The van der Waals surface area contributed by atoms with Crippen molar-refractivity contribution >= 4 is 17.2 Å². The Bertz CT molecular complexity index is 821. The van der Waals surface area contributed by atoms with Crippen molar-refractivity contribution in [3.63, 3.8) is 0 Å². The first-order valence-electron chi connectivity index (χ1n) is 8.62. The molecule has 1 amide bonds. The van der Waals surface area contributed by atoms with Crippen molar-refractivity contribution in [2.75, 3.05) is 6.54 Å². The Morgan fingerprint density at radius 1 is 1.33 bits per heavy atom. The second-order valence-corrected chi connectivity index (χ2v) is 6.93. The molecule has 0 radical (unpaired) electrons. The summed E-state index contributed by atoms with van der Waals surface area (Å²) >= 11 is 1.61. The summed E-state index contributed by atoms with van der Waals surface area (Å²) in [5.41, 5.74) is 2.95. The number of nitrogens with one attached hydrogen (secondary N) is 1. The molecule has 0 saturated carbocycles. The number of allylic oxidation sites excluding steroid dienone is 1. The minimum Gasteiger partial charge on any atom is -0.459 e. The molecule has 1 aliphatic heterocycles. The van der Waals surface area contributed by atoms with Crippen LogP contribution in [-0.4, -0.2) is 23.8 Å². The summed E-state index contributed by atoms with van der Waals surface area (Å²) in [5, 5.41) is 15.8. The van der Waals surface area contributed by atoms with Crippen LogP contribution in [0, 0.1) is 12.3 Å². The van der Waals surface area contributed by atoms with Crippen LogP contribution < -0.4 is 5.32 Å². The highest BCUT2D eigenvalue weighted by atomic mass is 32.1. The lowest BCUT2D eigenvalue weighted by atomic mass is 9.95. The van der Waals surface area contributed by atoms with Crippen LogP contribution in [0.4, 0.5) is 0 Å². The highest BCUT2D eigenvalue weighted by Gasteiger charge is 2.28. The first-order chi connectivity index (χ1) is 13.2. The Morgan fingerprint density at radius 2 is 2.11 bits per heavy atom. The molecule has 140 valence electrons. The smallest absolute Gasteiger partial charge is 0.286 e. The predicted octanol–water partition coefficient (Wildman–Crippen LogP) is 2.92. The van der Waals surface area contributed by atoms with Crippen LogP contribution in [-0.2, 0) is 27.5 Å². The zero-order valence-electron chi connectivity index (χ0n) is 14.8. The molecule has 5 nitrogen and oxygen atoms in total. The van der Waals surface area contributed by atoms with E-state index in [1.807, 2.05) is 41.8 Å². The molecular weight excluding hydrogens is 362 g/mol. The second kappa shape index (κ2) is 9.38. The van der Waals surface area contributed by atoms with Gasteiger partial charge in [0.1, 0.15) is 0 Å². The van der Waals surface area contributed by atoms with Gasteiger partial charge in [-0.05, 0) is 39.6 Å². The SMILES string of the molecule is C#CCNC(=O)C1=C[C@@H](c2ccsc2)C[C@@H](OCc2ccc(CO)cc2)O1. The highest BCUT2D eigenvalue weighted by Crippen LogP contribution is 2.32. The Balaban J connectivity index is 1.68. The number of carbonyl (C=O) groups is 1. The van der Waals surface area contributed by atoms with Crippen LogP contribution in [0.15, 0.2) is 52.9 Å². The van der Waals surface area contributed by atoms with Gasteiger partial charge in [0, 0.05) is 12.3 Å². The van der Waals surface area contributed by atoms with Gasteiger partial charge in [0.15, 0.2) is 5.76 Å². The number of terminal acetylenes is 1. The van der Waals surface area contributed by atoms with Crippen molar-refractivity contribution in [3.05, 3.63) is 69.6 Å². The molecule has 1 aromatic carbocycles. The minimum atomic E-state index is -0.538. The Kier molecular flexibility index (Phi) is 6.66. The molecule has 0 fully saturated rings. The van der Waals surface area contributed by atoms with Gasteiger partial charge in [-0.3, -0.25) is 4.79 Å². The number of carbonyl (C=O) groups excluding carboxylic acids is 1. The van der Waals surface area contributed by atoms with E-state index < -0.39 is 6.29 Å². The number of thiophene rings is 1. The van der Waals surface area contributed by atoms with Crippen LogP contribution >= 0.6 is 11.3 Å². The number of rotatable bonds is 7. The zero-order valence-corrected chi connectivity index (χ0v) is 15.6. The summed E-state index contributed by atoms with van der Waals surface area (Å²) in [7, 11) is 0. The summed E-state index contributed by atoms with van der Waals surface area (Å²) in [6.07, 6.45) is 7.11. The van der Waals surface area contributed by atoms with Gasteiger partial charge in [-0.2, -0.15) is 11.3 Å². The van der Waals surface area contributed by atoms with Crippen molar-refractivity contribution in [3.8, 4) is 12.3 Å². The van der Waals surface area contributed by atoms with Crippen molar-refractivity contribution in [1.82, 2.24) is 5.32 Å². The van der Waals surface area contributed by atoms with Crippen molar-refractivity contribution < 1.29 is 19.4 Å². The predicted molar refractivity (Wildman–Crippen MR) is 104 cm³/mol. The second-order valence-electron chi connectivity index (χ2n) is 6.15. The average Bonchev–Trinajstić information content (AvgIpc) is 3.25. The lowest BCUT2D eigenvalue weighted by Crippen LogP contribution is -2.33. The molecule has 1 aliphatic rings. The van der Waals surface area contributed by atoms with Gasteiger partial charge in [0.05, 0.1) is 19.8 Å². The van der Waals surface area contributed by atoms with Crippen LogP contribution in [0.1, 0.15) is 29.0 Å². The topological polar surface area (TPSA) is 67.8 Å². The summed E-state index contributed by atoms with van der Waals surface area (Å²) in [5.74, 6) is 2.31. The van der Waals surface area contributed by atoms with E-state index in [0.717, 1.165) is 16.7 Å². The minimum absolute atomic E-state index is 0.0100. The number of amides is 1. The molecule has 0 unspecified atom stereocenters. The highest BCUT2D eigenvalue weighted by molar-refractivity contribution is 7.08. The number of ether oxygens (including phenoxy) is 2. The monoisotopic (exact) mass is 383 g/mol. The molecule has 2 heterocycles. The third-order valence-electron chi connectivity index (χ3n) is 4.24. The lowest BCUT2D eigenvalue weighted by molar-refractivity contribution is -0.150. The number of hydrogen-bond acceptors (Lipinski definition) is 5. The summed E-state index contributed by atoms with van der Waals surface area (Å²) < 4.78 is 11.7. The molecule has 2 aromatic rings. The van der Waals surface area contributed by atoms with Gasteiger partial charge < -0.3 is 19.9 Å². The van der Waals surface area contributed by atoms with Gasteiger partial charge in [-0.25, -0.2) is 0 Å². The van der Waals surface area contributed by atoms with Crippen LogP contribution in [0.25, 0.3) is 0 Å². The molecule has 0 bridgehead atoms. The summed E-state index contributed by atoms with van der Waals surface area (Å²) in [6, 6.07) is 9.56. The molecule has 0 saturated heterocycles. The molecule has 6 heteroatoms. The normalized spacial score (nSPS) is 18.9. The van der Waals surface area contributed by atoms with Crippen LogP contribution in [0.3, 0.4) is 0 Å². The van der Waals surface area contributed by atoms with Crippen molar-refractivity contribution in [2.45, 2.75) is 31.8 Å². The molecule has 2 atom stereocenters. The Hall–Kier alpha value is -2.59. The van der Waals surface area contributed by atoms with Crippen molar-refractivity contribution in [1.29, 1.82) is 0 Å². The first-order valence-corrected chi connectivity index (χ1v) is 9.56. The molecule has 0 spiro atoms. The van der Waals surface area contributed by atoms with Gasteiger partial charge in [-0.1, -0.05) is 30.2 Å². The molecular formula is C21H21NO4S. The van der Waals surface area contributed by atoms with Crippen LogP contribution in [0.5, 0.6) is 0 Å². The standard InChI is InChI=1S/C21H21NO4S/c1-2-8-22-21(24)19-10-18(17-7-9-27-14-17)11-20(26-19)25-13-16-5-3-15(12-23)4-6-16/h1,3-7,9-10,14,18,20,23H,8,11-13H2,(H,22,24)/t18-,20+/m1/s1. The number of hydrogen-bond donors (Lipinski definition) is 2. The fourth-order valence-corrected chi connectivity index (χ4v) is 3.51. The zero-order chi connectivity index (χ0) is 19.1. The van der Waals surface area contributed by atoms with Gasteiger partial charge in [0.25, 0.3) is 5.91 Å². The summed E-state index contributed by atoms with van der Waals surface area (Å²) in [6.45, 7) is 0.507. The van der Waals surface area contributed by atoms with E-state index in [1.165, 1.54) is 0 Å². The largest absolute Gasteiger partial charge is 0.459 e. The van der Waals surface area contributed by atoms with E-state index in [4.69, 9.17) is 21.0 Å².